The Labute approximate surface area is 115 Å². The Morgan fingerprint density at radius 2 is 2.05 bits per heavy atom. The maximum Gasteiger partial charge on any atom is 0.231 e. The molecule has 0 bridgehead atoms. The molecule has 0 atom stereocenters. The fourth-order valence-electron chi connectivity index (χ4n) is 1.77. The third-order valence-corrected chi connectivity index (χ3v) is 2.80. The molecule has 1 aromatic heterocycles. The number of ether oxygens (including phenoxy) is 3. The summed E-state index contributed by atoms with van der Waals surface area (Å²) in [5, 5.41) is 0.369. The molecule has 0 radical (unpaired) electrons. The van der Waals surface area contributed by atoms with Gasteiger partial charge in [-0.1, -0.05) is 17.7 Å². The monoisotopic (exact) mass is 278 g/mol. The zero-order valence-electron chi connectivity index (χ0n) is 10.2. The predicted molar refractivity (Wildman–Crippen MR) is 68.7 cm³/mol. The van der Waals surface area contributed by atoms with Gasteiger partial charge in [0.1, 0.15) is 17.6 Å². The molecular weight excluding hydrogens is 268 g/mol. The number of rotatable bonds is 3. The van der Waals surface area contributed by atoms with Gasteiger partial charge in [-0.25, -0.2) is 4.98 Å². The first-order valence-electron chi connectivity index (χ1n) is 5.73. The van der Waals surface area contributed by atoms with Gasteiger partial charge in [0.2, 0.25) is 12.7 Å². The lowest BCUT2D eigenvalue weighted by molar-refractivity contribution is 0.174. The molecule has 0 saturated carbocycles. The van der Waals surface area contributed by atoms with E-state index in [2.05, 4.69) is 9.97 Å². The van der Waals surface area contributed by atoms with Crippen molar-refractivity contribution in [3.63, 3.8) is 0 Å². The predicted octanol–water partition coefficient (Wildman–Crippen LogP) is 2.75. The number of aryl methyl sites for hydroxylation is 1. The summed E-state index contributed by atoms with van der Waals surface area (Å²) in [4.78, 5) is 8.12. The molecule has 2 heterocycles. The van der Waals surface area contributed by atoms with Gasteiger partial charge in [-0.3, -0.25) is 0 Å². The Morgan fingerprint density at radius 3 is 2.89 bits per heavy atom. The summed E-state index contributed by atoms with van der Waals surface area (Å²) >= 11 is 5.84. The molecule has 0 saturated heterocycles. The van der Waals surface area contributed by atoms with Gasteiger partial charge in [-0.2, -0.15) is 4.98 Å². The number of nitrogens with zero attached hydrogens (tertiary/aromatic N) is 2. The number of benzene rings is 1. The maximum absolute atomic E-state index is 5.84. The number of hydrogen-bond donors (Lipinski definition) is 0. The largest absolute Gasteiger partial charge is 0.473 e. The van der Waals surface area contributed by atoms with Crippen LogP contribution in [0.3, 0.4) is 0 Å². The van der Waals surface area contributed by atoms with E-state index >= 15 is 0 Å². The van der Waals surface area contributed by atoms with Crippen LogP contribution in [0.15, 0.2) is 24.3 Å². The Bertz CT molecular complexity index is 599. The lowest BCUT2D eigenvalue weighted by atomic mass is 10.2. The number of fused-ring (bicyclic) bond motifs is 1. The van der Waals surface area contributed by atoms with E-state index in [0.29, 0.717) is 23.5 Å². The van der Waals surface area contributed by atoms with E-state index in [9.17, 15) is 0 Å². The van der Waals surface area contributed by atoms with E-state index in [1.54, 1.807) is 13.0 Å². The molecule has 0 fully saturated rings. The van der Waals surface area contributed by atoms with Crippen LogP contribution in [0.1, 0.15) is 11.4 Å². The first-order chi connectivity index (χ1) is 9.20. The van der Waals surface area contributed by atoms with E-state index in [0.717, 1.165) is 17.1 Å². The Balaban J connectivity index is 1.72. The standard InChI is InChI=1S/C13H11ClN2O3/c1-8-15-12(14)5-13(16-8)17-6-9-2-3-10-11(4-9)19-7-18-10/h2-5H,6-7H2,1H3. The van der Waals surface area contributed by atoms with Gasteiger partial charge in [-0.15, -0.1) is 0 Å². The number of hydrogen-bond acceptors (Lipinski definition) is 5. The van der Waals surface area contributed by atoms with Crippen molar-refractivity contribution in [2.24, 2.45) is 0 Å². The minimum absolute atomic E-state index is 0.264. The third-order valence-electron chi connectivity index (χ3n) is 2.61. The topological polar surface area (TPSA) is 53.5 Å². The first-order valence-corrected chi connectivity index (χ1v) is 6.11. The van der Waals surface area contributed by atoms with Crippen molar-refractivity contribution in [3.05, 3.63) is 40.8 Å². The van der Waals surface area contributed by atoms with E-state index in [1.807, 2.05) is 18.2 Å². The van der Waals surface area contributed by atoms with Gasteiger partial charge >= 0.3 is 0 Å². The van der Waals surface area contributed by atoms with Crippen LogP contribution in [-0.2, 0) is 6.61 Å². The van der Waals surface area contributed by atoms with Crippen molar-refractivity contribution >= 4 is 11.6 Å². The molecule has 1 aliphatic rings. The highest BCUT2D eigenvalue weighted by Crippen LogP contribution is 2.32. The summed E-state index contributed by atoms with van der Waals surface area (Å²) in [5.41, 5.74) is 0.969. The SMILES string of the molecule is Cc1nc(Cl)cc(OCc2ccc3c(c2)OCO3)n1. The smallest absolute Gasteiger partial charge is 0.231 e. The number of halogens is 1. The fraction of sp³-hybridized carbons (Fsp3) is 0.231. The van der Waals surface area contributed by atoms with Crippen LogP contribution in [0.2, 0.25) is 5.15 Å². The molecule has 5 nitrogen and oxygen atoms in total. The summed E-state index contributed by atoms with van der Waals surface area (Å²) in [6, 6.07) is 7.25. The zero-order valence-corrected chi connectivity index (χ0v) is 11.0. The third kappa shape index (κ3) is 2.71. The van der Waals surface area contributed by atoms with Crippen molar-refractivity contribution in [2.45, 2.75) is 13.5 Å². The molecule has 2 aromatic rings. The highest BCUT2D eigenvalue weighted by Gasteiger charge is 2.13. The van der Waals surface area contributed by atoms with Gasteiger partial charge < -0.3 is 14.2 Å². The molecule has 3 rings (SSSR count). The normalized spacial score (nSPS) is 12.5. The Morgan fingerprint density at radius 1 is 1.21 bits per heavy atom. The van der Waals surface area contributed by atoms with E-state index in [1.165, 1.54) is 0 Å². The molecule has 0 spiro atoms. The summed E-state index contributed by atoms with van der Waals surface area (Å²) in [7, 11) is 0. The summed E-state index contributed by atoms with van der Waals surface area (Å²) < 4.78 is 16.1. The Kier molecular flexibility index (Phi) is 3.13. The van der Waals surface area contributed by atoms with Gasteiger partial charge in [0.05, 0.1) is 0 Å². The van der Waals surface area contributed by atoms with Crippen molar-refractivity contribution in [1.29, 1.82) is 0 Å². The summed E-state index contributed by atoms with van der Waals surface area (Å²) in [6.45, 7) is 2.41. The zero-order chi connectivity index (χ0) is 13.2. The lowest BCUT2D eigenvalue weighted by Crippen LogP contribution is -1.99. The number of aromatic nitrogens is 2. The molecule has 19 heavy (non-hydrogen) atoms. The van der Waals surface area contributed by atoms with Crippen LogP contribution < -0.4 is 14.2 Å². The van der Waals surface area contributed by atoms with Crippen molar-refractivity contribution in [1.82, 2.24) is 9.97 Å². The van der Waals surface area contributed by atoms with E-state index in [-0.39, 0.29) is 6.79 Å². The highest BCUT2D eigenvalue weighted by molar-refractivity contribution is 6.29. The van der Waals surface area contributed by atoms with Crippen LogP contribution in [0, 0.1) is 6.92 Å². The highest BCUT2D eigenvalue weighted by atomic mass is 35.5. The molecule has 1 aliphatic heterocycles. The van der Waals surface area contributed by atoms with Gasteiger partial charge in [0.25, 0.3) is 0 Å². The van der Waals surface area contributed by atoms with Crippen LogP contribution >= 0.6 is 11.6 Å². The van der Waals surface area contributed by atoms with Crippen LogP contribution in [-0.4, -0.2) is 16.8 Å². The second kappa shape index (κ2) is 4.93. The quantitative estimate of drug-likeness (QED) is 0.808. The summed E-state index contributed by atoms with van der Waals surface area (Å²) in [5.74, 6) is 2.52. The summed E-state index contributed by atoms with van der Waals surface area (Å²) in [6.07, 6.45) is 0. The molecule has 0 amide bonds. The molecule has 0 unspecified atom stereocenters. The minimum atomic E-state index is 0.264. The molecule has 98 valence electrons. The average molecular weight is 279 g/mol. The van der Waals surface area contributed by atoms with Crippen LogP contribution in [0.25, 0.3) is 0 Å². The molecule has 0 aliphatic carbocycles. The van der Waals surface area contributed by atoms with E-state index in [4.69, 9.17) is 25.8 Å². The van der Waals surface area contributed by atoms with Gasteiger partial charge in [-0.05, 0) is 24.6 Å². The maximum atomic E-state index is 5.84. The van der Waals surface area contributed by atoms with E-state index < -0.39 is 0 Å². The molecule has 6 heteroatoms. The Hall–Kier alpha value is -2.01. The van der Waals surface area contributed by atoms with Crippen molar-refractivity contribution in [2.75, 3.05) is 6.79 Å². The van der Waals surface area contributed by atoms with Crippen LogP contribution in [0.5, 0.6) is 17.4 Å². The minimum Gasteiger partial charge on any atom is -0.473 e. The van der Waals surface area contributed by atoms with Crippen molar-refractivity contribution < 1.29 is 14.2 Å². The fourth-order valence-corrected chi connectivity index (χ4v) is 1.98. The second-order valence-corrected chi connectivity index (χ2v) is 4.44. The van der Waals surface area contributed by atoms with Crippen molar-refractivity contribution in [3.8, 4) is 17.4 Å². The van der Waals surface area contributed by atoms with Gasteiger partial charge in [0.15, 0.2) is 11.5 Å². The average Bonchev–Trinajstić information content (AvgIpc) is 2.82. The second-order valence-electron chi connectivity index (χ2n) is 4.05. The molecular formula is C13H11ClN2O3. The van der Waals surface area contributed by atoms with Gasteiger partial charge in [0, 0.05) is 6.07 Å². The van der Waals surface area contributed by atoms with Crippen LogP contribution in [0.4, 0.5) is 0 Å². The first kappa shape index (κ1) is 12.0. The molecule has 1 aromatic carbocycles. The molecule has 0 N–H and O–H groups in total. The lowest BCUT2D eigenvalue weighted by Gasteiger charge is -2.07.